The van der Waals surface area contributed by atoms with Crippen LogP contribution in [-0.4, -0.2) is 24.4 Å². The Morgan fingerprint density at radius 1 is 1.15 bits per heavy atom. The van der Waals surface area contributed by atoms with E-state index in [1.165, 1.54) is 6.07 Å². The van der Waals surface area contributed by atoms with Gasteiger partial charge in [-0.1, -0.05) is 41.4 Å². The lowest BCUT2D eigenvalue weighted by Gasteiger charge is -2.32. The molecule has 2 unspecified atom stereocenters. The number of hydrogen-bond acceptors (Lipinski definition) is 3. The number of hydrogen-bond donors (Lipinski definition) is 3. The van der Waals surface area contributed by atoms with Crippen molar-refractivity contribution in [2.24, 2.45) is 5.92 Å². The van der Waals surface area contributed by atoms with Gasteiger partial charge in [0.25, 0.3) is 0 Å². The molecule has 3 aliphatic heterocycles. The minimum absolute atomic E-state index is 0.0424. The molecule has 3 N–H and O–H groups in total. The second kappa shape index (κ2) is 5.67. The molecule has 3 heterocycles. The van der Waals surface area contributed by atoms with Crippen molar-refractivity contribution in [3.63, 3.8) is 0 Å². The minimum atomic E-state index is -1.27. The van der Waals surface area contributed by atoms with Gasteiger partial charge in [-0.05, 0) is 23.8 Å². The number of carbonyl (C=O) groups is 2. The molecule has 4 atom stereocenters. The Morgan fingerprint density at radius 3 is 2.78 bits per heavy atom. The van der Waals surface area contributed by atoms with Crippen molar-refractivity contribution in [3.8, 4) is 0 Å². The van der Waals surface area contributed by atoms with Crippen LogP contribution in [0.5, 0.6) is 0 Å². The number of nitrogens with one attached hydrogen (secondary N) is 3. The molecule has 0 aliphatic carbocycles. The number of anilines is 1. The van der Waals surface area contributed by atoms with E-state index < -0.39 is 23.2 Å². The molecule has 2 aromatic rings. The average molecular weight is 406 g/mol. The molecular formula is C19H14Cl2FN3O2. The largest absolute Gasteiger partial charge is 0.354 e. The molecule has 0 radical (unpaired) electrons. The first-order chi connectivity index (χ1) is 12.9. The summed E-state index contributed by atoms with van der Waals surface area (Å²) in [5, 5.41) is 9.40. The molecule has 0 saturated carbocycles. The zero-order valence-corrected chi connectivity index (χ0v) is 15.4. The van der Waals surface area contributed by atoms with Crippen molar-refractivity contribution < 1.29 is 14.0 Å². The van der Waals surface area contributed by atoms with Crippen LogP contribution in [0.15, 0.2) is 36.4 Å². The maximum atomic E-state index is 15.0. The van der Waals surface area contributed by atoms with Gasteiger partial charge in [-0.2, -0.15) is 0 Å². The average Bonchev–Trinajstić information content (AvgIpc) is 3.24. The summed E-state index contributed by atoms with van der Waals surface area (Å²) >= 11 is 12.1. The standard InChI is InChI=1S/C19H14Cl2FN3O2/c20-8-4-5-10-12(6-8)24-18(27)19(10)15(9-2-1-3-11(21)16(9)22)14-13(25-19)7-23-17(14)26/h1-6,13-15,25H,7H2,(H,23,26)(H,24,27)/t13-,14?,15?,19+/m1/s1. The normalized spacial score (nSPS) is 31.0. The SMILES string of the molecule is O=C1NC[C@H]2N[C@]3(C(=O)Nc4cc(Cl)ccc43)C(c3cccc(Cl)c3F)C12. The fourth-order valence-electron chi connectivity index (χ4n) is 4.76. The summed E-state index contributed by atoms with van der Waals surface area (Å²) in [6.07, 6.45) is 0. The van der Waals surface area contributed by atoms with E-state index in [4.69, 9.17) is 23.2 Å². The van der Waals surface area contributed by atoms with Gasteiger partial charge in [0.2, 0.25) is 11.8 Å². The lowest BCUT2D eigenvalue weighted by molar-refractivity contribution is -0.124. The molecule has 27 heavy (non-hydrogen) atoms. The van der Waals surface area contributed by atoms with Crippen LogP contribution >= 0.6 is 23.2 Å². The summed E-state index contributed by atoms with van der Waals surface area (Å²) in [5.74, 6) is -2.48. The van der Waals surface area contributed by atoms with Crippen molar-refractivity contribution in [1.29, 1.82) is 0 Å². The molecular weight excluding hydrogens is 392 g/mol. The van der Waals surface area contributed by atoms with Crippen molar-refractivity contribution in [2.45, 2.75) is 17.5 Å². The zero-order chi connectivity index (χ0) is 18.9. The van der Waals surface area contributed by atoms with Gasteiger partial charge in [-0.15, -0.1) is 0 Å². The lowest BCUT2D eigenvalue weighted by Crippen LogP contribution is -2.50. The van der Waals surface area contributed by atoms with Gasteiger partial charge in [-0.25, -0.2) is 4.39 Å². The highest BCUT2D eigenvalue weighted by Crippen LogP contribution is 2.55. The van der Waals surface area contributed by atoms with E-state index in [9.17, 15) is 14.0 Å². The van der Waals surface area contributed by atoms with E-state index >= 15 is 0 Å². The van der Waals surface area contributed by atoms with E-state index in [2.05, 4.69) is 16.0 Å². The zero-order valence-electron chi connectivity index (χ0n) is 13.9. The van der Waals surface area contributed by atoms with E-state index in [-0.39, 0.29) is 28.4 Å². The van der Waals surface area contributed by atoms with Crippen LogP contribution in [0, 0.1) is 11.7 Å². The number of halogens is 3. The molecule has 0 aromatic heterocycles. The first kappa shape index (κ1) is 17.0. The molecule has 5 nitrogen and oxygen atoms in total. The van der Waals surface area contributed by atoms with Crippen molar-refractivity contribution in [3.05, 3.63) is 63.4 Å². The molecule has 5 rings (SSSR count). The fourth-order valence-corrected chi connectivity index (χ4v) is 5.11. The Kier molecular flexibility index (Phi) is 3.57. The van der Waals surface area contributed by atoms with Crippen LogP contribution < -0.4 is 16.0 Å². The van der Waals surface area contributed by atoms with Crippen molar-refractivity contribution >= 4 is 40.7 Å². The number of benzene rings is 2. The van der Waals surface area contributed by atoms with E-state index in [1.807, 2.05) is 0 Å². The summed E-state index contributed by atoms with van der Waals surface area (Å²) in [5.41, 5.74) is 0.201. The van der Waals surface area contributed by atoms with E-state index in [0.717, 1.165) is 0 Å². The van der Waals surface area contributed by atoms with Crippen LogP contribution in [0.2, 0.25) is 10.0 Å². The Bertz CT molecular complexity index is 1010. The third-order valence-electron chi connectivity index (χ3n) is 5.80. The molecule has 3 aliphatic rings. The van der Waals surface area contributed by atoms with E-state index in [0.29, 0.717) is 22.8 Å². The smallest absolute Gasteiger partial charge is 0.250 e. The third kappa shape index (κ3) is 2.15. The highest BCUT2D eigenvalue weighted by atomic mass is 35.5. The van der Waals surface area contributed by atoms with Gasteiger partial charge in [-0.3, -0.25) is 14.9 Å². The molecule has 2 fully saturated rings. The highest BCUT2D eigenvalue weighted by Gasteiger charge is 2.65. The number of carbonyl (C=O) groups excluding carboxylic acids is 2. The van der Waals surface area contributed by atoms with Crippen molar-refractivity contribution in [2.75, 3.05) is 11.9 Å². The Labute approximate surface area is 164 Å². The molecule has 2 saturated heterocycles. The predicted octanol–water partition coefficient (Wildman–Crippen LogP) is 2.78. The molecule has 1 spiro atoms. The Hall–Kier alpha value is -2.15. The summed E-state index contributed by atoms with van der Waals surface area (Å²) in [6, 6.07) is 9.46. The summed E-state index contributed by atoms with van der Waals surface area (Å²) in [4.78, 5) is 25.8. The van der Waals surface area contributed by atoms with Gasteiger partial charge in [0, 0.05) is 34.8 Å². The van der Waals surface area contributed by atoms with Crippen LogP contribution in [-0.2, 0) is 15.1 Å². The van der Waals surface area contributed by atoms with Crippen LogP contribution in [0.3, 0.4) is 0 Å². The monoisotopic (exact) mass is 405 g/mol. The molecule has 2 amide bonds. The van der Waals surface area contributed by atoms with Gasteiger partial charge in [0.1, 0.15) is 11.4 Å². The topological polar surface area (TPSA) is 70.2 Å². The van der Waals surface area contributed by atoms with Gasteiger partial charge in [0.05, 0.1) is 10.9 Å². The second-order valence-corrected chi connectivity index (χ2v) is 7.94. The van der Waals surface area contributed by atoms with Gasteiger partial charge >= 0.3 is 0 Å². The molecule has 138 valence electrons. The first-order valence-corrected chi connectivity index (χ1v) is 9.30. The second-order valence-electron chi connectivity index (χ2n) is 7.09. The highest BCUT2D eigenvalue weighted by molar-refractivity contribution is 6.31. The Morgan fingerprint density at radius 2 is 1.96 bits per heavy atom. The first-order valence-electron chi connectivity index (χ1n) is 8.54. The summed E-state index contributed by atoms with van der Waals surface area (Å²) in [6.45, 7) is 0.375. The number of rotatable bonds is 1. The fraction of sp³-hybridized carbons (Fsp3) is 0.263. The lowest BCUT2D eigenvalue weighted by atomic mass is 9.71. The van der Waals surface area contributed by atoms with E-state index in [1.54, 1.807) is 30.3 Å². The molecule has 2 aromatic carbocycles. The van der Waals surface area contributed by atoms with Gasteiger partial charge < -0.3 is 10.6 Å². The molecule has 0 bridgehead atoms. The summed E-state index contributed by atoms with van der Waals surface area (Å²) in [7, 11) is 0. The van der Waals surface area contributed by atoms with Crippen LogP contribution in [0.4, 0.5) is 10.1 Å². The minimum Gasteiger partial charge on any atom is -0.354 e. The maximum absolute atomic E-state index is 15.0. The predicted molar refractivity (Wildman–Crippen MR) is 99.3 cm³/mol. The van der Waals surface area contributed by atoms with Crippen LogP contribution in [0.25, 0.3) is 0 Å². The quantitative estimate of drug-likeness (QED) is 0.682. The van der Waals surface area contributed by atoms with Crippen LogP contribution in [0.1, 0.15) is 17.0 Å². The van der Waals surface area contributed by atoms with Crippen molar-refractivity contribution in [1.82, 2.24) is 10.6 Å². The summed E-state index contributed by atoms with van der Waals surface area (Å²) < 4.78 is 15.0. The Balaban J connectivity index is 1.78. The maximum Gasteiger partial charge on any atom is 0.250 e. The number of amides is 2. The third-order valence-corrected chi connectivity index (χ3v) is 6.33. The number of fused-ring (bicyclic) bond motifs is 3. The molecule has 8 heteroatoms. The van der Waals surface area contributed by atoms with Gasteiger partial charge in [0.15, 0.2) is 0 Å².